The molecule has 0 aromatic heterocycles. The first-order valence-electron chi connectivity index (χ1n) is 9.59. The molecule has 0 bridgehead atoms. The molecule has 0 aliphatic heterocycles. The van der Waals surface area contributed by atoms with Crippen LogP contribution in [0.4, 0.5) is 0 Å². The molecule has 0 spiro atoms. The second kappa shape index (κ2) is 7.51. The van der Waals surface area contributed by atoms with E-state index in [1.807, 2.05) is 0 Å². The van der Waals surface area contributed by atoms with Crippen molar-refractivity contribution in [1.82, 2.24) is 0 Å². The Morgan fingerprint density at radius 3 is 1.67 bits per heavy atom. The van der Waals surface area contributed by atoms with Gasteiger partial charge >= 0.3 is 0 Å². The summed E-state index contributed by atoms with van der Waals surface area (Å²) in [5, 5.41) is 0. The molecule has 0 aromatic rings. The largest absolute Gasteiger partial charge is 0.0625 e. The normalized spacial score (nSPS) is 38.6. The van der Waals surface area contributed by atoms with E-state index in [9.17, 15) is 0 Å². The van der Waals surface area contributed by atoms with Crippen molar-refractivity contribution in [1.29, 1.82) is 0 Å². The maximum atomic E-state index is 2.56. The molecule has 0 heterocycles. The molecule has 0 amide bonds. The SMILES string of the molecule is CC(C)C(C)C(C)C(C)C1C(C)C(C)C(C)CC1C(C)C. The maximum absolute atomic E-state index is 2.56. The summed E-state index contributed by atoms with van der Waals surface area (Å²) in [4.78, 5) is 0. The average Bonchev–Trinajstić information content (AvgIpc) is 2.41. The zero-order valence-electron chi connectivity index (χ0n) is 16.5. The summed E-state index contributed by atoms with van der Waals surface area (Å²) in [6.07, 6.45) is 1.45. The molecule has 0 nitrogen and oxygen atoms in total. The van der Waals surface area contributed by atoms with Crippen molar-refractivity contribution >= 4 is 0 Å². The van der Waals surface area contributed by atoms with E-state index in [1.54, 1.807) is 0 Å². The van der Waals surface area contributed by atoms with E-state index >= 15 is 0 Å². The minimum atomic E-state index is 0.801. The second-order valence-corrected chi connectivity index (χ2v) is 9.24. The molecular formula is C21H42. The molecule has 0 N–H and O–H groups in total. The van der Waals surface area contributed by atoms with Crippen LogP contribution in [0.15, 0.2) is 0 Å². The Morgan fingerprint density at radius 2 is 1.24 bits per heavy atom. The van der Waals surface area contributed by atoms with Gasteiger partial charge in [-0.3, -0.25) is 0 Å². The van der Waals surface area contributed by atoms with Gasteiger partial charge in [0.05, 0.1) is 0 Å². The minimum Gasteiger partial charge on any atom is -0.0625 e. The van der Waals surface area contributed by atoms with Crippen molar-refractivity contribution in [3.8, 4) is 0 Å². The van der Waals surface area contributed by atoms with Gasteiger partial charge in [-0.25, -0.2) is 0 Å². The lowest BCUT2D eigenvalue weighted by atomic mass is 9.55. The van der Waals surface area contributed by atoms with Gasteiger partial charge in [0.1, 0.15) is 0 Å². The van der Waals surface area contributed by atoms with Gasteiger partial charge in [-0.15, -0.1) is 0 Å². The molecule has 0 saturated heterocycles. The molecule has 8 atom stereocenters. The van der Waals surface area contributed by atoms with Gasteiger partial charge < -0.3 is 0 Å². The van der Waals surface area contributed by atoms with Crippen LogP contribution in [0.2, 0.25) is 0 Å². The standard InChI is InChI=1S/C21H42/c1-12(2)15(6)17(8)19(10)21-18(9)16(7)14(5)11-20(21)13(3)4/h12-21H,11H2,1-10H3. The van der Waals surface area contributed by atoms with Crippen LogP contribution in [0.5, 0.6) is 0 Å². The molecule has 0 heteroatoms. The van der Waals surface area contributed by atoms with Gasteiger partial charge in [0.25, 0.3) is 0 Å². The molecule has 1 fully saturated rings. The Labute approximate surface area is 135 Å². The third kappa shape index (κ3) is 4.05. The fourth-order valence-electron chi connectivity index (χ4n) is 5.08. The maximum Gasteiger partial charge on any atom is -0.0326 e. The molecular weight excluding hydrogens is 252 g/mol. The van der Waals surface area contributed by atoms with E-state index in [4.69, 9.17) is 0 Å². The van der Waals surface area contributed by atoms with Gasteiger partial charge in [-0.05, 0) is 65.6 Å². The third-order valence-corrected chi connectivity index (χ3v) is 7.65. The van der Waals surface area contributed by atoms with Gasteiger partial charge in [0.2, 0.25) is 0 Å². The monoisotopic (exact) mass is 294 g/mol. The zero-order chi connectivity index (χ0) is 16.5. The lowest BCUT2D eigenvalue weighted by Gasteiger charge is -2.50. The van der Waals surface area contributed by atoms with E-state index in [0.717, 1.165) is 59.2 Å². The molecule has 1 aliphatic rings. The van der Waals surface area contributed by atoms with Crippen LogP contribution in [0, 0.1) is 59.2 Å². The van der Waals surface area contributed by atoms with Crippen molar-refractivity contribution in [2.75, 3.05) is 0 Å². The highest BCUT2D eigenvalue weighted by molar-refractivity contribution is 4.92. The summed E-state index contributed by atoms with van der Waals surface area (Å²) < 4.78 is 0. The Bertz CT molecular complexity index is 303. The van der Waals surface area contributed by atoms with Crippen molar-refractivity contribution in [2.24, 2.45) is 59.2 Å². The average molecular weight is 295 g/mol. The van der Waals surface area contributed by atoms with Crippen molar-refractivity contribution in [2.45, 2.75) is 75.7 Å². The lowest BCUT2D eigenvalue weighted by molar-refractivity contribution is -0.0177. The molecule has 1 saturated carbocycles. The summed E-state index contributed by atoms with van der Waals surface area (Å²) in [7, 11) is 0. The Balaban J connectivity index is 2.98. The molecule has 0 aromatic carbocycles. The molecule has 126 valence electrons. The molecule has 1 aliphatic carbocycles. The van der Waals surface area contributed by atoms with Crippen LogP contribution in [-0.2, 0) is 0 Å². The van der Waals surface area contributed by atoms with E-state index in [2.05, 4.69) is 69.2 Å². The van der Waals surface area contributed by atoms with Gasteiger partial charge in [0, 0.05) is 0 Å². The summed E-state index contributed by atoms with van der Waals surface area (Å²) in [6, 6.07) is 0. The molecule has 8 unspecified atom stereocenters. The van der Waals surface area contributed by atoms with E-state index in [-0.39, 0.29) is 0 Å². The van der Waals surface area contributed by atoms with Crippen LogP contribution in [0.25, 0.3) is 0 Å². The fourth-order valence-corrected chi connectivity index (χ4v) is 5.08. The topological polar surface area (TPSA) is 0 Å². The predicted molar refractivity (Wildman–Crippen MR) is 96.3 cm³/mol. The van der Waals surface area contributed by atoms with Crippen LogP contribution >= 0.6 is 0 Å². The Morgan fingerprint density at radius 1 is 0.714 bits per heavy atom. The zero-order valence-corrected chi connectivity index (χ0v) is 16.5. The van der Waals surface area contributed by atoms with E-state index in [0.29, 0.717) is 0 Å². The smallest absolute Gasteiger partial charge is 0.0326 e. The van der Waals surface area contributed by atoms with Gasteiger partial charge in [-0.1, -0.05) is 69.2 Å². The first-order valence-corrected chi connectivity index (χ1v) is 9.59. The second-order valence-electron chi connectivity index (χ2n) is 9.24. The number of hydrogen-bond acceptors (Lipinski definition) is 0. The summed E-state index contributed by atoms with van der Waals surface area (Å²) in [6.45, 7) is 24.8. The van der Waals surface area contributed by atoms with Crippen molar-refractivity contribution < 1.29 is 0 Å². The fraction of sp³-hybridized carbons (Fsp3) is 1.00. The lowest BCUT2D eigenvalue weighted by Crippen LogP contribution is -2.44. The molecule has 21 heavy (non-hydrogen) atoms. The van der Waals surface area contributed by atoms with Crippen LogP contribution < -0.4 is 0 Å². The van der Waals surface area contributed by atoms with Gasteiger partial charge in [-0.2, -0.15) is 0 Å². The Hall–Kier alpha value is 0. The van der Waals surface area contributed by atoms with E-state index in [1.165, 1.54) is 6.42 Å². The van der Waals surface area contributed by atoms with Crippen LogP contribution in [-0.4, -0.2) is 0 Å². The summed E-state index contributed by atoms with van der Waals surface area (Å²) in [5.41, 5.74) is 0. The van der Waals surface area contributed by atoms with Gasteiger partial charge in [0.15, 0.2) is 0 Å². The van der Waals surface area contributed by atoms with Crippen molar-refractivity contribution in [3.63, 3.8) is 0 Å². The highest BCUT2D eigenvalue weighted by atomic mass is 14.5. The highest BCUT2D eigenvalue weighted by Crippen LogP contribution is 2.50. The third-order valence-electron chi connectivity index (χ3n) is 7.65. The highest BCUT2D eigenvalue weighted by Gasteiger charge is 2.43. The summed E-state index contributed by atoms with van der Waals surface area (Å²) >= 11 is 0. The Kier molecular flexibility index (Phi) is 6.81. The number of rotatable bonds is 5. The summed E-state index contributed by atoms with van der Waals surface area (Å²) in [5.74, 6) is 8.62. The number of hydrogen-bond donors (Lipinski definition) is 0. The molecule has 1 rings (SSSR count). The predicted octanol–water partition coefficient (Wildman–Crippen LogP) is 6.75. The first kappa shape index (κ1) is 19.0. The van der Waals surface area contributed by atoms with Crippen molar-refractivity contribution in [3.05, 3.63) is 0 Å². The van der Waals surface area contributed by atoms with Crippen LogP contribution in [0.1, 0.15) is 75.7 Å². The first-order chi connectivity index (χ1) is 9.59. The van der Waals surface area contributed by atoms with E-state index < -0.39 is 0 Å². The minimum absolute atomic E-state index is 0.801. The quantitative estimate of drug-likeness (QED) is 0.526. The molecule has 0 radical (unpaired) electrons. The van der Waals surface area contributed by atoms with Crippen LogP contribution in [0.3, 0.4) is 0 Å².